The van der Waals surface area contributed by atoms with Crippen molar-refractivity contribution in [3.63, 3.8) is 0 Å². The molecule has 0 amide bonds. The van der Waals surface area contributed by atoms with Gasteiger partial charge in [0.2, 0.25) is 0 Å². The van der Waals surface area contributed by atoms with E-state index in [0.717, 1.165) is 36.8 Å². The van der Waals surface area contributed by atoms with E-state index in [-0.39, 0.29) is 17.3 Å². The smallest absolute Gasteiger partial charge is 0.193 e. The summed E-state index contributed by atoms with van der Waals surface area (Å²) < 4.78 is 0. The normalized spacial score (nSPS) is 25.4. The molecule has 4 rings (SSSR count). The fraction of sp³-hybridized carbons (Fsp3) is 0.318. The van der Waals surface area contributed by atoms with Crippen molar-refractivity contribution in [3.05, 3.63) is 82.4 Å². The number of aliphatic hydroxyl groups excluding tert-OH is 1. The molecule has 2 aliphatic carbocycles. The predicted octanol–water partition coefficient (Wildman–Crippen LogP) is 4.20. The van der Waals surface area contributed by atoms with Crippen LogP contribution in [-0.4, -0.2) is 17.0 Å². The largest absolute Gasteiger partial charge is 0.393 e. The van der Waals surface area contributed by atoms with E-state index in [0.29, 0.717) is 0 Å². The molecule has 2 heteroatoms. The first-order valence-electron chi connectivity index (χ1n) is 8.69. The molecule has 1 N–H and O–H groups in total. The van der Waals surface area contributed by atoms with Gasteiger partial charge in [-0.2, -0.15) is 0 Å². The maximum absolute atomic E-state index is 12.7. The Balaban J connectivity index is 1.71. The van der Waals surface area contributed by atoms with E-state index >= 15 is 0 Å². The number of rotatable bonds is 2. The lowest BCUT2D eigenvalue weighted by Gasteiger charge is -2.42. The Morgan fingerprint density at radius 3 is 2.71 bits per heavy atom. The second-order valence-corrected chi connectivity index (χ2v) is 7.23. The Kier molecular flexibility index (Phi) is 3.65. The average molecular weight is 318 g/mol. The van der Waals surface area contributed by atoms with Crippen LogP contribution in [0.4, 0.5) is 0 Å². The third-order valence-electron chi connectivity index (χ3n) is 5.71. The lowest BCUT2D eigenvalue weighted by Crippen LogP contribution is -2.36. The topological polar surface area (TPSA) is 37.3 Å². The molecule has 2 nitrogen and oxygen atoms in total. The van der Waals surface area contributed by atoms with Crippen molar-refractivity contribution in [2.24, 2.45) is 0 Å². The molecule has 1 saturated carbocycles. The molecule has 0 saturated heterocycles. The average Bonchev–Trinajstić information content (AvgIpc) is 2.62. The number of hydrogen-bond donors (Lipinski definition) is 1. The summed E-state index contributed by atoms with van der Waals surface area (Å²) in [5.74, 6) is 0.0809. The molecular formula is C22H22O2. The fourth-order valence-corrected chi connectivity index (χ4v) is 4.24. The van der Waals surface area contributed by atoms with Crippen molar-refractivity contribution < 1.29 is 9.90 Å². The number of hydrogen-bond acceptors (Lipinski definition) is 2. The molecule has 0 spiro atoms. The molecular weight excluding hydrogens is 296 g/mol. The molecule has 2 aromatic rings. The van der Waals surface area contributed by atoms with Crippen molar-refractivity contribution in [2.45, 2.75) is 44.1 Å². The second kappa shape index (κ2) is 5.71. The number of carbonyl (C=O) groups is 1. The molecule has 0 aromatic heterocycles. The lowest BCUT2D eigenvalue weighted by molar-refractivity contribution is 0.103. The van der Waals surface area contributed by atoms with Gasteiger partial charge in [0, 0.05) is 16.5 Å². The summed E-state index contributed by atoms with van der Waals surface area (Å²) >= 11 is 0. The van der Waals surface area contributed by atoms with Gasteiger partial charge in [-0.3, -0.25) is 4.79 Å². The minimum atomic E-state index is -0.204. The van der Waals surface area contributed by atoms with Crippen LogP contribution in [0, 0.1) is 0 Å². The minimum absolute atomic E-state index is 0.0150. The van der Waals surface area contributed by atoms with Gasteiger partial charge in [0.15, 0.2) is 5.78 Å². The maximum atomic E-state index is 12.7. The Morgan fingerprint density at radius 1 is 1.12 bits per heavy atom. The molecule has 0 unspecified atom stereocenters. The zero-order valence-electron chi connectivity index (χ0n) is 14.0. The monoisotopic (exact) mass is 318 g/mol. The number of allylic oxidation sites excluding steroid dienone is 1. The van der Waals surface area contributed by atoms with Crippen LogP contribution >= 0.6 is 0 Å². The van der Waals surface area contributed by atoms with Crippen LogP contribution in [0.2, 0.25) is 0 Å². The Morgan fingerprint density at radius 2 is 1.92 bits per heavy atom. The summed E-state index contributed by atoms with van der Waals surface area (Å²) in [6, 6.07) is 15.6. The van der Waals surface area contributed by atoms with Gasteiger partial charge in [-0.1, -0.05) is 61.0 Å². The van der Waals surface area contributed by atoms with E-state index in [1.54, 1.807) is 0 Å². The summed E-state index contributed by atoms with van der Waals surface area (Å²) in [6.07, 6.45) is 5.51. The van der Waals surface area contributed by atoms with Gasteiger partial charge in [0.25, 0.3) is 0 Å². The van der Waals surface area contributed by atoms with Crippen molar-refractivity contribution in [3.8, 4) is 0 Å². The van der Waals surface area contributed by atoms with Crippen LogP contribution in [0.25, 0.3) is 0 Å². The van der Waals surface area contributed by atoms with Crippen molar-refractivity contribution in [2.75, 3.05) is 0 Å². The molecule has 0 bridgehead atoms. The number of fused-ring (bicyclic) bond motifs is 3. The molecule has 2 aliphatic rings. The molecule has 122 valence electrons. The van der Waals surface area contributed by atoms with E-state index in [1.165, 1.54) is 16.7 Å². The van der Waals surface area contributed by atoms with Gasteiger partial charge in [-0.05, 0) is 42.9 Å². The third kappa shape index (κ3) is 2.42. The van der Waals surface area contributed by atoms with Gasteiger partial charge >= 0.3 is 0 Å². The third-order valence-corrected chi connectivity index (χ3v) is 5.71. The highest BCUT2D eigenvalue weighted by Crippen LogP contribution is 2.47. The zero-order valence-corrected chi connectivity index (χ0v) is 14.0. The molecule has 0 heterocycles. The highest BCUT2D eigenvalue weighted by atomic mass is 16.3. The zero-order chi connectivity index (χ0) is 16.7. The van der Waals surface area contributed by atoms with Gasteiger partial charge < -0.3 is 5.11 Å². The maximum Gasteiger partial charge on any atom is 0.193 e. The fourth-order valence-electron chi connectivity index (χ4n) is 4.24. The summed E-state index contributed by atoms with van der Waals surface area (Å²) in [5.41, 5.74) is 5.45. The van der Waals surface area contributed by atoms with E-state index in [9.17, 15) is 9.90 Å². The van der Waals surface area contributed by atoms with Gasteiger partial charge in [-0.15, -0.1) is 0 Å². The number of carbonyl (C=O) groups excluding carboxylic acids is 1. The van der Waals surface area contributed by atoms with E-state index in [1.807, 2.05) is 36.4 Å². The van der Waals surface area contributed by atoms with Crippen molar-refractivity contribution >= 4 is 5.78 Å². The Hall–Kier alpha value is -2.19. The Bertz CT molecular complexity index is 819. The van der Waals surface area contributed by atoms with Gasteiger partial charge in [0.1, 0.15) is 0 Å². The van der Waals surface area contributed by atoms with Crippen molar-refractivity contribution in [1.82, 2.24) is 0 Å². The number of benzene rings is 2. The van der Waals surface area contributed by atoms with E-state index < -0.39 is 0 Å². The van der Waals surface area contributed by atoms with Gasteiger partial charge in [-0.25, -0.2) is 0 Å². The standard InChI is InChI=1S/C22H22O2/c1-22-12-11-19(23)14-18(22)9-7-16-13-17(8-10-20(16)22)21(24)15-5-3-2-4-6-15/h2-6,8-10,13,19,23H,7,11-12,14H2,1H3/t19-,22-/m0/s1. The summed E-state index contributed by atoms with van der Waals surface area (Å²) in [5, 5.41) is 9.97. The van der Waals surface area contributed by atoms with E-state index in [2.05, 4.69) is 25.1 Å². The highest BCUT2D eigenvalue weighted by Gasteiger charge is 2.39. The molecule has 1 fully saturated rings. The summed E-state index contributed by atoms with van der Waals surface area (Å²) in [7, 11) is 0. The molecule has 24 heavy (non-hydrogen) atoms. The number of aliphatic hydroxyl groups is 1. The van der Waals surface area contributed by atoms with Crippen LogP contribution < -0.4 is 0 Å². The van der Waals surface area contributed by atoms with Crippen LogP contribution in [0.15, 0.2) is 60.2 Å². The molecule has 0 radical (unpaired) electrons. The molecule has 2 atom stereocenters. The van der Waals surface area contributed by atoms with Crippen LogP contribution in [0.1, 0.15) is 53.2 Å². The summed E-state index contributed by atoms with van der Waals surface area (Å²) in [4.78, 5) is 12.7. The predicted molar refractivity (Wildman–Crippen MR) is 95.3 cm³/mol. The van der Waals surface area contributed by atoms with E-state index in [4.69, 9.17) is 0 Å². The van der Waals surface area contributed by atoms with Gasteiger partial charge in [0.05, 0.1) is 6.10 Å². The Labute approximate surface area is 142 Å². The molecule has 2 aromatic carbocycles. The molecule has 0 aliphatic heterocycles. The lowest BCUT2D eigenvalue weighted by atomic mass is 9.62. The SMILES string of the molecule is C[C@]12CC[C@H](O)CC1=CCc1cc(C(=O)c3ccccc3)ccc12. The highest BCUT2D eigenvalue weighted by molar-refractivity contribution is 6.09. The quantitative estimate of drug-likeness (QED) is 0.665. The minimum Gasteiger partial charge on any atom is -0.393 e. The van der Waals surface area contributed by atoms with Crippen LogP contribution in [-0.2, 0) is 11.8 Å². The first-order valence-corrected chi connectivity index (χ1v) is 8.69. The van der Waals surface area contributed by atoms with Crippen molar-refractivity contribution in [1.29, 1.82) is 0 Å². The summed E-state index contributed by atoms with van der Waals surface area (Å²) in [6.45, 7) is 2.28. The second-order valence-electron chi connectivity index (χ2n) is 7.23. The number of ketones is 1. The first kappa shape index (κ1) is 15.3. The first-order chi connectivity index (χ1) is 11.6. The van der Waals surface area contributed by atoms with Crippen LogP contribution in [0.5, 0.6) is 0 Å². The van der Waals surface area contributed by atoms with Crippen LogP contribution in [0.3, 0.4) is 0 Å².